The van der Waals surface area contributed by atoms with Crippen LogP contribution in [0.1, 0.15) is 32.8 Å². The molecule has 0 radical (unpaired) electrons. The Kier molecular flexibility index (Phi) is 4.16. The lowest BCUT2D eigenvalue weighted by Gasteiger charge is -2.45. The number of hydrogen-bond acceptors (Lipinski definition) is 3. The van der Waals surface area contributed by atoms with Gasteiger partial charge in [-0.2, -0.15) is 0 Å². The normalized spacial score (nSPS) is 30.2. The van der Waals surface area contributed by atoms with E-state index in [1.54, 1.807) is 6.07 Å². The van der Waals surface area contributed by atoms with Gasteiger partial charge in [-0.25, -0.2) is 0 Å². The largest absolute Gasteiger partial charge is 0.508 e. The van der Waals surface area contributed by atoms with Crippen molar-refractivity contribution in [3.63, 3.8) is 0 Å². The van der Waals surface area contributed by atoms with Crippen molar-refractivity contribution in [2.45, 2.75) is 38.6 Å². The number of phenolic OH excluding ortho intramolecular Hbond substituents is 1. The number of nitrogens with two attached hydrogens (primary N) is 1. The molecule has 0 bridgehead atoms. The monoisotopic (exact) mass is 262 g/mol. The lowest BCUT2D eigenvalue weighted by Crippen LogP contribution is -2.49. The van der Waals surface area contributed by atoms with Gasteiger partial charge in [0.1, 0.15) is 5.75 Å². The quantitative estimate of drug-likeness (QED) is 0.879. The van der Waals surface area contributed by atoms with Crippen LogP contribution in [-0.4, -0.2) is 35.7 Å². The van der Waals surface area contributed by atoms with Crippen LogP contribution in [0.2, 0.25) is 0 Å². The number of piperidine rings is 1. The Balaban J connectivity index is 2.13. The van der Waals surface area contributed by atoms with E-state index in [-0.39, 0.29) is 11.5 Å². The minimum absolute atomic E-state index is 0.146. The van der Waals surface area contributed by atoms with E-state index in [2.05, 4.69) is 31.7 Å². The van der Waals surface area contributed by atoms with Gasteiger partial charge in [0.25, 0.3) is 0 Å². The van der Waals surface area contributed by atoms with Gasteiger partial charge in [0.2, 0.25) is 0 Å². The maximum Gasteiger partial charge on any atom is 0.115 e. The molecule has 1 aromatic rings. The summed E-state index contributed by atoms with van der Waals surface area (Å²) in [5.74, 6) is 0.922. The van der Waals surface area contributed by atoms with Crippen LogP contribution < -0.4 is 5.73 Å². The summed E-state index contributed by atoms with van der Waals surface area (Å²) in [6.07, 6.45) is 1.12. The summed E-state index contributed by atoms with van der Waals surface area (Å²) in [6, 6.07) is 7.96. The molecule has 2 rings (SSSR count). The van der Waals surface area contributed by atoms with Crippen LogP contribution >= 0.6 is 0 Å². The number of likely N-dealkylation sites (tertiary alicyclic amines) is 1. The molecule has 1 saturated heterocycles. The van der Waals surface area contributed by atoms with Crippen LogP contribution in [0.25, 0.3) is 0 Å². The summed E-state index contributed by atoms with van der Waals surface area (Å²) in [5, 5.41) is 9.69. The Labute approximate surface area is 116 Å². The number of rotatable bonds is 3. The summed E-state index contributed by atoms with van der Waals surface area (Å²) in [6.45, 7) is 9.81. The van der Waals surface area contributed by atoms with Crippen molar-refractivity contribution >= 4 is 0 Å². The van der Waals surface area contributed by atoms with Gasteiger partial charge in [-0.05, 0) is 48.9 Å². The number of aromatic hydroxyl groups is 1. The van der Waals surface area contributed by atoms with Crippen molar-refractivity contribution in [3.05, 3.63) is 29.8 Å². The smallest absolute Gasteiger partial charge is 0.115 e. The van der Waals surface area contributed by atoms with E-state index in [9.17, 15) is 5.11 Å². The Morgan fingerprint density at radius 2 is 2.26 bits per heavy atom. The molecule has 3 N–H and O–H groups in total. The third-order valence-electron chi connectivity index (χ3n) is 4.62. The maximum absolute atomic E-state index is 9.69. The summed E-state index contributed by atoms with van der Waals surface area (Å²) in [7, 11) is 0. The van der Waals surface area contributed by atoms with Gasteiger partial charge >= 0.3 is 0 Å². The third kappa shape index (κ3) is 3.10. The first kappa shape index (κ1) is 14.4. The molecule has 0 aromatic heterocycles. The highest BCUT2D eigenvalue weighted by Gasteiger charge is 2.38. The highest BCUT2D eigenvalue weighted by molar-refractivity contribution is 5.33. The second kappa shape index (κ2) is 5.51. The van der Waals surface area contributed by atoms with E-state index in [1.165, 1.54) is 5.56 Å². The Morgan fingerprint density at radius 3 is 2.84 bits per heavy atom. The summed E-state index contributed by atoms with van der Waals surface area (Å²) in [5.41, 5.74) is 7.29. The van der Waals surface area contributed by atoms with E-state index in [1.807, 2.05) is 12.1 Å². The zero-order chi connectivity index (χ0) is 14.0. The molecule has 1 heterocycles. The molecule has 0 saturated carbocycles. The molecule has 1 aliphatic rings. The minimum atomic E-state index is 0.146. The summed E-state index contributed by atoms with van der Waals surface area (Å²) < 4.78 is 0. The number of phenols is 1. The molecule has 0 amide bonds. The minimum Gasteiger partial charge on any atom is -0.508 e. The van der Waals surface area contributed by atoms with Crippen molar-refractivity contribution in [1.82, 2.24) is 4.90 Å². The number of hydrogen-bond donors (Lipinski definition) is 2. The molecule has 0 aliphatic carbocycles. The Morgan fingerprint density at radius 1 is 1.53 bits per heavy atom. The van der Waals surface area contributed by atoms with Gasteiger partial charge in [-0.3, -0.25) is 0 Å². The standard InChI is InChI=1S/C16H26N2O/c1-12-10-18(11-13(2)17)8-7-16(12,3)14-5-4-6-15(19)9-14/h4-6,9,12-13,19H,7-8,10-11,17H2,1-3H3/t12-,13-,16+/m0/s1. The first-order valence-corrected chi connectivity index (χ1v) is 7.19. The van der Waals surface area contributed by atoms with Crippen LogP contribution in [0.4, 0.5) is 0 Å². The van der Waals surface area contributed by atoms with Crippen molar-refractivity contribution < 1.29 is 5.11 Å². The zero-order valence-corrected chi connectivity index (χ0v) is 12.3. The molecule has 3 heteroatoms. The topological polar surface area (TPSA) is 49.5 Å². The Hall–Kier alpha value is -1.06. The molecule has 19 heavy (non-hydrogen) atoms. The SMILES string of the molecule is C[C@H](N)CN1CC[C@@](C)(c2cccc(O)c2)[C@@H](C)C1. The van der Waals surface area contributed by atoms with Gasteiger partial charge < -0.3 is 15.7 Å². The summed E-state index contributed by atoms with van der Waals surface area (Å²) in [4.78, 5) is 2.46. The van der Waals surface area contributed by atoms with Gasteiger partial charge in [0.15, 0.2) is 0 Å². The first-order chi connectivity index (χ1) is 8.91. The van der Waals surface area contributed by atoms with Gasteiger partial charge in [0, 0.05) is 19.1 Å². The molecular formula is C16H26N2O. The van der Waals surface area contributed by atoms with Crippen LogP contribution in [0.5, 0.6) is 5.75 Å². The van der Waals surface area contributed by atoms with Crippen LogP contribution in [0.15, 0.2) is 24.3 Å². The highest BCUT2D eigenvalue weighted by Crippen LogP contribution is 2.40. The third-order valence-corrected chi connectivity index (χ3v) is 4.62. The van der Waals surface area contributed by atoms with Gasteiger partial charge in [-0.15, -0.1) is 0 Å². The van der Waals surface area contributed by atoms with Gasteiger partial charge in [-0.1, -0.05) is 26.0 Å². The average Bonchev–Trinajstić information content (AvgIpc) is 2.33. The second-order valence-electron chi connectivity index (χ2n) is 6.36. The molecule has 1 aromatic carbocycles. The second-order valence-corrected chi connectivity index (χ2v) is 6.36. The number of nitrogens with zero attached hydrogens (tertiary/aromatic N) is 1. The zero-order valence-electron chi connectivity index (χ0n) is 12.3. The molecular weight excluding hydrogens is 236 g/mol. The van der Waals surface area contributed by atoms with Crippen molar-refractivity contribution in [3.8, 4) is 5.75 Å². The molecule has 3 nitrogen and oxygen atoms in total. The van der Waals surface area contributed by atoms with Crippen LogP contribution in [0.3, 0.4) is 0 Å². The van der Waals surface area contributed by atoms with E-state index < -0.39 is 0 Å². The fourth-order valence-electron chi connectivity index (χ4n) is 3.18. The predicted molar refractivity (Wildman–Crippen MR) is 79.3 cm³/mol. The van der Waals surface area contributed by atoms with Crippen molar-refractivity contribution in [1.29, 1.82) is 0 Å². The van der Waals surface area contributed by atoms with E-state index in [0.717, 1.165) is 26.1 Å². The molecule has 1 aliphatic heterocycles. The molecule has 0 spiro atoms. The summed E-state index contributed by atoms with van der Waals surface area (Å²) >= 11 is 0. The molecule has 3 atom stereocenters. The van der Waals surface area contributed by atoms with Crippen LogP contribution in [0, 0.1) is 5.92 Å². The lowest BCUT2D eigenvalue weighted by molar-refractivity contribution is 0.107. The average molecular weight is 262 g/mol. The Bertz CT molecular complexity index is 433. The highest BCUT2D eigenvalue weighted by atomic mass is 16.3. The van der Waals surface area contributed by atoms with Gasteiger partial charge in [0.05, 0.1) is 0 Å². The maximum atomic E-state index is 9.69. The fraction of sp³-hybridized carbons (Fsp3) is 0.625. The van der Waals surface area contributed by atoms with Crippen molar-refractivity contribution in [2.75, 3.05) is 19.6 Å². The predicted octanol–water partition coefficient (Wildman–Crippen LogP) is 2.34. The van der Waals surface area contributed by atoms with Crippen molar-refractivity contribution in [2.24, 2.45) is 11.7 Å². The first-order valence-electron chi connectivity index (χ1n) is 7.19. The molecule has 1 fully saturated rings. The lowest BCUT2D eigenvalue weighted by atomic mass is 9.68. The molecule has 0 unspecified atom stereocenters. The molecule has 106 valence electrons. The van der Waals surface area contributed by atoms with Crippen LogP contribution in [-0.2, 0) is 5.41 Å². The van der Waals surface area contributed by atoms with E-state index >= 15 is 0 Å². The van der Waals surface area contributed by atoms with E-state index in [4.69, 9.17) is 5.73 Å². The van der Waals surface area contributed by atoms with E-state index in [0.29, 0.717) is 11.7 Å². The number of benzene rings is 1. The fourth-order valence-corrected chi connectivity index (χ4v) is 3.18.